The number of aryl methyl sites for hydroxylation is 1. The van der Waals surface area contributed by atoms with Gasteiger partial charge in [0.1, 0.15) is 17.3 Å². The molecule has 0 fully saturated rings. The Balaban J connectivity index is 1.84. The van der Waals surface area contributed by atoms with E-state index >= 15 is 0 Å². The first-order valence-corrected chi connectivity index (χ1v) is 12.0. The van der Waals surface area contributed by atoms with E-state index in [0.717, 1.165) is 4.47 Å². The molecule has 8 heteroatoms. The van der Waals surface area contributed by atoms with Gasteiger partial charge in [-0.3, -0.25) is 9.59 Å². The van der Waals surface area contributed by atoms with E-state index in [9.17, 15) is 9.59 Å². The van der Waals surface area contributed by atoms with Crippen LogP contribution in [0.5, 0.6) is 11.5 Å². The van der Waals surface area contributed by atoms with Gasteiger partial charge in [-0.15, -0.1) is 0 Å². The van der Waals surface area contributed by atoms with Gasteiger partial charge in [-0.05, 0) is 45.0 Å². The molecule has 0 saturated carbocycles. The highest BCUT2D eigenvalue weighted by atomic mass is 79.9. The second kappa shape index (κ2) is 10.7. The predicted octanol–water partition coefficient (Wildman–Crippen LogP) is 5.38. The zero-order valence-electron chi connectivity index (χ0n) is 19.6. The first-order chi connectivity index (χ1) is 16.9. The van der Waals surface area contributed by atoms with Crippen molar-refractivity contribution in [2.75, 3.05) is 13.2 Å². The standard InChI is InChI=1S/C27H24BrN3O4/c1-4-34-24-15-25(35-5-2)22(26(32)18-9-7-6-8-10-18)13-19(24)16-29-31-17(3)30-23-12-11-20(28)14-21(23)27(31)33/h6-16H,4-5H2,1-3H3. The third-order valence-corrected chi connectivity index (χ3v) is 5.77. The van der Waals surface area contributed by atoms with E-state index in [1.54, 1.807) is 43.3 Å². The number of carbonyl (C=O) groups is 1. The number of rotatable bonds is 8. The highest BCUT2D eigenvalue weighted by Crippen LogP contribution is 2.31. The maximum absolute atomic E-state index is 13.3. The zero-order valence-corrected chi connectivity index (χ0v) is 21.2. The Hall–Kier alpha value is -3.78. The lowest BCUT2D eigenvalue weighted by Crippen LogP contribution is -2.20. The first-order valence-electron chi connectivity index (χ1n) is 11.2. The molecule has 4 rings (SSSR count). The maximum Gasteiger partial charge on any atom is 0.282 e. The normalized spacial score (nSPS) is 11.2. The van der Waals surface area contributed by atoms with E-state index in [1.165, 1.54) is 10.9 Å². The molecule has 35 heavy (non-hydrogen) atoms. The Morgan fingerprint density at radius 3 is 2.46 bits per heavy atom. The molecule has 0 atom stereocenters. The summed E-state index contributed by atoms with van der Waals surface area (Å²) < 4.78 is 13.6. The van der Waals surface area contributed by atoms with Crippen molar-refractivity contribution in [1.82, 2.24) is 9.66 Å². The fourth-order valence-corrected chi connectivity index (χ4v) is 4.03. The lowest BCUT2D eigenvalue weighted by molar-refractivity contribution is 0.103. The van der Waals surface area contributed by atoms with Gasteiger partial charge < -0.3 is 9.47 Å². The molecule has 178 valence electrons. The van der Waals surface area contributed by atoms with Crippen molar-refractivity contribution in [1.29, 1.82) is 0 Å². The molecule has 0 saturated heterocycles. The van der Waals surface area contributed by atoms with Gasteiger partial charge in [0, 0.05) is 21.7 Å². The van der Waals surface area contributed by atoms with Gasteiger partial charge in [0.25, 0.3) is 5.56 Å². The number of hydrogen-bond acceptors (Lipinski definition) is 6. The van der Waals surface area contributed by atoms with Crippen LogP contribution in [0.3, 0.4) is 0 Å². The Labute approximate surface area is 211 Å². The molecule has 0 bridgehead atoms. The van der Waals surface area contributed by atoms with Gasteiger partial charge in [-0.2, -0.15) is 9.78 Å². The number of benzene rings is 3. The van der Waals surface area contributed by atoms with Crippen molar-refractivity contribution in [2.45, 2.75) is 20.8 Å². The molecule has 0 N–H and O–H groups in total. The second-order valence-electron chi connectivity index (χ2n) is 7.63. The van der Waals surface area contributed by atoms with Gasteiger partial charge in [-0.1, -0.05) is 46.3 Å². The molecule has 1 aromatic heterocycles. The number of ether oxygens (including phenoxy) is 2. The van der Waals surface area contributed by atoms with Crippen molar-refractivity contribution in [3.8, 4) is 11.5 Å². The fraction of sp³-hybridized carbons (Fsp3) is 0.185. The molecule has 7 nitrogen and oxygen atoms in total. The smallest absolute Gasteiger partial charge is 0.282 e. The average molecular weight is 534 g/mol. The summed E-state index contributed by atoms with van der Waals surface area (Å²) in [5, 5.41) is 4.86. The maximum atomic E-state index is 13.3. The minimum atomic E-state index is -0.297. The number of nitrogens with zero attached hydrogens (tertiary/aromatic N) is 3. The molecule has 0 aliphatic rings. The van der Waals surface area contributed by atoms with E-state index < -0.39 is 0 Å². The molecule has 0 aliphatic carbocycles. The van der Waals surface area contributed by atoms with Crippen molar-refractivity contribution in [3.63, 3.8) is 0 Å². The number of hydrogen-bond donors (Lipinski definition) is 0. The van der Waals surface area contributed by atoms with Crippen LogP contribution in [-0.2, 0) is 0 Å². The summed E-state index contributed by atoms with van der Waals surface area (Å²) >= 11 is 3.40. The number of aromatic nitrogens is 2. The van der Waals surface area contributed by atoms with Crippen LogP contribution in [0.2, 0.25) is 0 Å². The quantitative estimate of drug-likeness (QED) is 0.224. The molecule has 0 aliphatic heterocycles. The van der Waals surface area contributed by atoms with E-state index in [4.69, 9.17) is 9.47 Å². The molecule has 1 heterocycles. The molecule has 0 unspecified atom stereocenters. The SMILES string of the molecule is CCOc1cc(OCC)c(C(=O)c2ccccc2)cc1C=Nn1c(C)nc2ccc(Br)cc2c1=O. The third kappa shape index (κ3) is 5.17. The Bertz CT molecular complexity index is 1480. The lowest BCUT2D eigenvalue weighted by atomic mass is 10.00. The van der Waals surface area contributed by atoms with Crippen LogP contribution in [0.4, 0.5) is 0 Å². The van der Waals surface area contributed by atoms with Crippen molar-refractivity contribution < 1.29 is 14.3 Å². The summed E-state index contributed by atoms with van der Waals surface area (Å²) in [5.74, 6) is 1.17. The number of ketones is 1. The largest absolute Gasteiger partial charge is 0.493 e. The van der Waals surface area contributed by atoms with Gasteiger partial charge in [-0.25, -0.2) is 4.98 Å². The molecular weight excluding hydrogens is 510 g/mol. The van der Waals surface area contributed by atoms with E-state index in [2.05, 4.69) is 26.0 Å². The van der Waals surface area contributed by atoms with Crippen LogP contribution < -0.4 is 15.0 Å². The molecule has 0 radical (unpaired) electrons. The van der Waals surface area contributed by atoms with Gasteiger partial charge in [0.2, 0.25) is 0 Å². The Morgan fingerprint density at radius 1 is 1.03 bits per heavy atom. The zero-order chi connectivity index (χ0) is 24.9. The summed E-state index contributed by atoms with van der Waals surface area (Å²) in [5.41, 5.74) is 1.75. The van der Waals surface area contributed by atoms with Gasteiger partial charge >= 0.3 is 0 Å². The summed E-state index contributed by atoms with van der Waals surface area (Å²) in [4.78, 5) is 30.9. The van der Waals surface area contributed by atoms with Crippen LogP contribution in [0, 0.1) is 6.92 Å². The van der Waals surface area contributed by atoms with Gasteiger partial charge in [0.15, 0.2) is 5.78 Å². The van der Waals surface area contributed by atoms with Crippen LogP contribution >= 0.6 is 15.9 Å². The summed E-state index contributed by atoms with van der Waals surface area (Å²) in [6, 6.07) is 17.7. The number of fused-ring (bicyclic) bond motifs is 1. The monoisotopic (exact) mass is 533 g/mol. The van der Waals surface area contributed by atoms with Crippen LogP contribution in [0.25, 0.3) is 10.9 Å². The number of halogens is 1. The topological polar surface area (TPSA) is 82.8 Å². The highest BCUT2D eigenvalue weighted by molar-refractivity contribution is 9.10. The van der Waals surface area contributed by atoms with Crippen molar-refractivity contribution in [3.05, 3.63) is 98.0 Å². The van der Waals surface area contributed by atoms with Crippen LogP contribution in [0.1, 0.15) is 41.2 Å². The predicted molar refractivity (Wildman–Crippen MR) is 140 cm³/mol. The molecule has 4 aromatic rings. The Morgan fingerprint density at radius 2 is 1.74 bits per heavy atom. The second-order valence-corrected chi connectivity index (χ2v) is 8.55. The minimum Gasteiger partial charge on any atom is -0.493 e. The van der Waals surface area contributed by atoms with Crippen LogP contribution in [0.15, 0.2) is 75.0 Å². The number of carbonyl (C=O) groups excluding carboxylic acids is 1. The summed E-state index contributed by atoms with van der Waals surface area (Å²) in [6.07, 6.45) is 1.50. The van der Waals surface area contributed by atoms with E-state index in [0.29, 0.717) is 58.1 Å². The average Bonchev–Trinajstić information content (AvgIpc) is 2.86. The Kier molecular flexibility index (Phi) is 7.41. The third-order valence-electron chi connectivity index (χ3n) is 5.27. The highest BCUT2D eigenvalue weighted by Gasteiger charge is 2.19. The molecule has 0 amide bonds. The van der Waals surface area contributed by atoms with E-state index in [-0.39, 0.29) is 11.3 Å². The molecular formula is C27H24BrN3O4. The van der Waals surface area contributed by atoms with E-state index in [1.807, 2.05) is 38.1 Å². The summed E-state index contributed by atoms with van der Waals surface area (Å²) in [6.45, 7) is 6.23. The van der Waals surface area contributed by atoms with Gasteiger partial charge in [0.05, 0.1) is 35.9 Å². The van der Waals surface area contributed by atoms with Crippen molar-refractivity contribution in [2.24, 2.45) is 5.10 Å². The first kappa shape index (κ1) is 24.3. The minimum absolute atomic E-state index is 0.183. The van der Waals surface area contributed by atoms with Crippen LogP contribution in [-0.4, -0.2) is 34.9 Å². The fourth-order valence-electron chi connectivity index (χ4n) is 3.67. The molecule has 3 aromatic carbocycles. The summed E-state index contributed by atoms with van der Waals surface area (Å²) in [7, 11) is 0. The molecule has 0 spiro atoms. The lowest BCUT2D eigenvalue weighted by Gasteiger charge is -2.15. The van der Waals surface area contributed by atoms with Crippen molar-refractivity contribution >= 4 is 38.8 Å².